The summed E-state index contributed by atoms with van der Waals surface area (Å²) in [5.74, 6) is -5.57. The number of amides is 8. The van der Waals surface area contributed by atoms with Crippen LogP contribution in [0.2, 0.25) is 0 Å². The zero-order chi connectivity index (χ0) is 70.5. The van der Waals surface area contributed by atoms with E-state index in [9.17, 15) is 84.3 Å². The highest BCUT2D eigenvalue weighted by atomic mass is 16.5. The Morgan fingerprint density at radius 2 is 0.684 bits per heavy atom. The van der Waals surface area contributed by atoms with Crippen LogP contribution < -0.4 is 42.5 Å². The molecule has 0 aromatic rings. The van der Waals surface area contributed by atoms with Crippen molar-refractivity contribution in [3.05, 3.63) is 0 Å². The minimum Gasteiger partial charge on any atom is -0.396 e. The lowest BCUT2D eigenvalue weighted by Crippen LogP contribution is -2.61. The van der Waals surface area contributed by atoms with Gasteiger partial charge >= 0.3 is 0 Å². The molecule has 0 radical (unpaired) electrons. The summed E-state index contributed by atoms with van der Waals surface area (Å²) in [6, 6.07) is -2.79. The lowest BCUT2D eigenvalue weighted by atomic mass is 9.79. The molecule has 8 amide bonds. The first kappa shape index (κ1) is 84.3. The average Bonchev–Trinajstić information content (AvgIpc) is 0.840. The minimum atomic E-state index is -1.54. The third kappa shape index (κ3) is 33.0. The quantitative estimate of drug-likeness (QED) is 0.0257. The van der Waals surface area contributed by atoms with E-state index in [0.29, 0.717) is 32.4 Å². The predicted molar refractivity (Wildman–Crippen MR) is 340 cm³/mol. The average molecular weight is 1370 g/mol. The molecule has 0 heterocycles. The van der Waals surface area contributed by atoms with E-state index in [1.54, 1.807) is 0 Å². The molecule has 0 aliphatic heterocycles. The van der Waals surface area contributed by atoms with Gasteiger partial charge in [0.1, 0.15) is 23.9 Å². The van der Waals surface area contributed by atoms with Crippen molar-refractivity contribution in [2.24, 2.45) is 17.8 Å². The van der Waals surface area contributed by atoms with Gasteiger partial charge in [0.25, 0.3) is 0 Å². The summed E-state index contributed by atoms with van der Waals surface area (Å²) in [5.41, 5.74) is -1.77. The number of unbranched alkanes of at least 4 members (excludes halogenated alkanes) is 3. The molecule has 0 aromatic heterocycles. The lowest BCUT2D eigenvalue weighted by Gasteiger charge is -2.42. The van der Waals surface area contributed by atoms with Crippen LogP contribution in [-0.2, 0) is 71.5 Å². The molecule has 550 valence electrons. The van der Waals surface area contributed by atoms with Gasteiger partial charge in [0.15, 0.2) is 0 Å². The number of rotatable bonds is 47. The Labute approximate surface area is 557 Å². The van der Waals surface area contributed by atoms with Gasteiger partial charge in [0.05, 0.1) is 100.0 Å². The van der Waals surface area contributed by atoms with Crippen molar-refractivity contribution in [2.75, 3.05) is 112 Å². The van der Waals surface area contributed by atoms with Crippen molar-refractivity contribution in [3.63, 3.8) is 0 Å². The molecule has 0 aromatic carbocycles. The molecule has 95 heavy (non-hydrogen) atoms. The van der Waals surface area contributed by atoms with Crippen LogP contribution in [0.4, 0.5) is 0 Å². The smallest absolute Gasteiger partial charge is 0.222 e. The number of nitrogens with one attached hydrogen (secondary N) is 8. The summed E-state index contributed by atoms with van der Waals surface area (Å²) < 4.78 is 41.8. The molecule has 3 aliphatic carbocycles. The van der Waals surface area contributed by atoms with Crippen molar-refractivity contribution < 1.29 is 117 Å². The van der Waals surface area contributed by atoms with Gasteiger partial charge < -0.3 is 122 Å². The van der Waals surface area contributed by atoms with Crippen LogP contribution in [0.3, 0.4) is 0 Å². The highest BCUT2D eigenvalue weighted by molar-refractivity contribution is 5.84. The highest BCUT2D eigenvalue weighted by Crippen LogP contribution is 2.31. The third-order valence-electron chi connectivity index (χ3n) is 16.6. The summed E-state index contributed by atoms with van der Waals surface area (Å²) in [7, 11) is 0. The monoisotopic (exact) mass is 1370 g/mol. The van der Waals surface area contributed by atoms with Crippen LogP contribution in [0.5, 0.6) is 0 Å². The van der Waals surface area contributed by atoms with Gasteiger partial charge in [0.2, 0.25) is 47.3 Å². The molecular weight excluding hydrogens is 1250 g/mol. The molecule has 3 saturated carbocycles. The molecular formula is C63H114N8O24. The van der Waals surface area contributed by atoms with Crippen molar-refractivity contribution in [2.45, 2.75) is 222 Å². The van der Waals surface area contributed by atoms with Gasteiger partial charge in [-0.1, -0.05) is 12.8 Å². The largest absolute Gasteiger partial charge is 0.396 e. The fourth-order valence-corrected chi connectivity index (χ4v) is 11.4. The van der Waals surface area contributed by atoms with E-state index in [2.05, 4.69) is 42.5 Å². The van der Waals surface area contributed by atoms with Crippen molar-refractivity contribution in [3.8, 4) is 0 Å². The first-order valence-electron chi connectivity index (χ1n) is 33.5. The fraction of sp³-hybridized carbons (Fsp3) is 0.873. The summed E-state index contributed by atoms with van der Waals surface area (Å²) >= 11 is 0. The Hall–Kier alpha value is -4.88. The zero-order valence-corrected chi connectivity index (χ0v) is 56.4. The first-order valence-corrected chi connectivity index (χ1v) is 33.5. The molecule has 0 bridgehead atoms. The number of ether oxygens (including phenoxy) is 7. The Kier molecular flexibility index (Phi) is 40.5. The molecule has 17 N–H and O–H groups in total. The predicted octanol–water partition coefficient (Wildman–Crippen LogP) is -4.28. The summed E-state index contributed by atoms with van der Waals surface area (Å²) in [4.78, 5) is 102. The number of carbonyl (C=O) groups excluding carboxylic acids is 8. The number of hydrogen-bond donors (Lipinski definition) is 17. The Morgan fingerprint density at radius 1 is 0.379 bits per heavy atom. The van der Waals surface area contributed by atoms with Crippen LogP contribution in [0.1, 0.15) is 138 Å². The molecule has 6 unspecified atom stereocenters. The molecule has 32 heteroatoms. The van der Waals surface area contributed by atoms with Gasteiger partial charge in [-0.2, -0.15) is 0 Å². The van der Waals surface area contributed by atoms with Crippen LogP contribution in [0.15, 0.2) is 0 Å². The van der Waals surface area contributed by atoms with Gasteiger partial charge in [0, 0.05) is 143 Å². The molecule has 3 aliphatic rings. The first-order chi connectivity index (χ1) is 45.1. The van der Waals surface area contributed by atoms with Crippen molar-refractivity contribution in [1.82, 2.24) is 42.5 Å². The Morgan fingerprint density at radius 3 is 1.00 bits per heavy atom. The van der Waals surface area contributed by atoms with Crippen LogP contribution in [0.25, 0.3) is 0 Å². The van der Waals surface area contributed by atoms with Crippen LogP contribution >= 0.6 is 0 Å². The standard InChI is InChI=1S/C63H114N8O24/c1-39(75)68-53-45(30-42(33-72)56(83)59(53)86)92-23-11-20-65-49(79)16-27-89-36-63(71-52(82)15-14-48(78)64-19-9-7-8-10-26-95-62(4,5)6,37-90-28-17-50(80)66-21-12-24-93-46-31-43(34-73)57(84)60(87)54(46)69-40(2)76)38-91-29-18-51(81)67-22-13-25-94-47-32-44(35-74)58(85)61(88)55(47)70-41(3)77/h42-47,53-61,72-74,83-88H,7-38H2,1-6H3,(H,64,78)(H,65,79)(H,66,80)(H,67,81)(H,68,75)(H,69,76)(H,70,77)(H,71,82)/t42?,43?,44?,45-,46-,47-,53-,54-,55-,56+,57+,58+,59?,60?,61?,63?/m1/s1. The number of carbonyl (C=O) groups is 8. The number of aliphatic hydroxyl groups excluding tert-OH is 9. The van der Waals surface area contributed by atoms with E-state index in [1.165, 1.54) is 20.8 Å². The normalized spacial score (nSPS) is 26.7. The second-order valence-corrected chi connectivity index (χ2v) is 26.0. The van der Waals surface area contributed by atoms with Crippen LogP contribution in [-0.4, -0.2) is 289 Å². The molecule has 15 atom stereocenters. The second kappa shape index (κ2) is 45.7. The highest BCUT2D eigenvalue weighted by Gasteiger charge is 2.47. The molecule has 32 nitrogen and oxygen atoms in total. The van der Waals surface area contributed by atoms with Gasteiger partial charge in [-0.25, -0.2) is 0 Å². The maximum absolute atomic E-state index is 13.9. The van der Waals surface area contributed by atoms with Crippen molar-refractivity contribution >= 4 is 47.3 Å². The number of aliphatic hydroxyl groups is 9. The van der Waals surface area contributed by atoms with E-state index < -0.39 is 158 Å². The molecule has 3 rings (SSSR count). The lowest BCUT2D eigenvalue weighted by molar-refractivity contribution is -0.142. The maximum atomic E-state index is 13.9. The second-order valence-electron chi connectivity index (χ2n) is 26.0. The Bertz CT molecular complexity index is 2080. The van der Waals surface area contributed by atoms with E-state index in [-0.39, 0.29) is 142 Å². The fourth-order valence-electron chi connectivity index (χ4n) is 11.4. The zero-order valence-electron chi connectivity index (χ0n) is 56.4. The third-order valence-corrected chi connectivity index (χ3v) is 16.6. The molecule has 0 saturated heterocycles. The van der Waals surface area contributed by atoms with Gasteiger partial charge in [-0.05, 0) is 72.1 Å². The van der Waals surface area contributed by atoms with E-state index in [4.69, 9.17) is 33.2 Å². The maximum Gasteiger partial charge on any atom is 0.222 e. The van der Waals surface area contributed by atoms with Gasteiger partial charge in [-0.3, -0.25) is 38.4 Å². The molecule has 0 spiro atoms. The van der Waals surface area contributed by atoms with E-state index >= 15 is 0 Å². The number of hydrogen-bond acceptors (Lipinski definition) is 24. The summed E-state index contributed by atoms with van der Waals surface area (Å²) in [6.07, 6.45) is -6.29. The van der Waals surface area contributed by atoms with Crippen molar-refractivity contribution in [1.29, 1.82) is 0 Å². The van der Waals surface area contributed by atoms with Gasteiger partial charge in [-0.15, -0.1) is 0 Å². The topological polar surface area (TPSA) is 479 Å². The van der Waals surface area contributed by atoms with E-state index in [0.717, 1.165) is 25.7 Å². The molecule has 3 fully saturated rings. The SMILES string of the molecule is CC(=O)N[C@H]1C(O)[C@@H](O)C(CO)C[C@H]1OCCCNC(=O)CCOCC(COCCC(=O)NCCCO[C@@H]1CC(CO)[C@H](O)C(O)[C@@H]1NC(C)=O)(COCCC(=O)NCCCO[C@@H]1CC(CO)[C@H](O)C(O)[C@@H]1NC(C)=O)NC(=O)CCC(=O)NCCCCCCOC(C)(C)C. The summed E-state index contributed by atoms with van der Waals surface area (Å²) in [5, 5.41) is 114. The summed E-state index contributed by atoms with van der Waals surface area (Å²) in [6.45, 7) is 8.80. The van der Waals surface area contributed by atoms with Crippen LogP contribution in [0, 0.1) is 17.8 Å². The minimum absolute atomic E-state index is 0.0919. The van der Waals surface area contributed by atoms with E-state index in [1.807, 2.05) is 20.8 Å². The Balaban J connectivity index is 1.68.